The molecule has 0 bridgehead atoms. The molecule has 0 radical (unpaired) electrons. The number of fused-ring (bicyclic) bond motifs is 1. The molecule has 0 unspecified atom stereocenters. The minimum Gasteiger partial charge on any atom is -0.481 e. The molecule has 2 aromatic rings. The molecule has 6 heteroatoms. The molecule has 2 aliphatic rings. The van der Waals surface area contributed by atoms with Gasteiger partial charge < -0.3 is 10.4 Å². The van der Waals surface area contributed by atoms with Gasteiger partial charge in [0.05, 0.1) is 10.7 Å². The lowest BCUT2D eigenvalue weighted by molar-refractivity contribution is -0.137. The molecule has 0 saturated heterocycles. The standard InChI is InChI=1S/C22H27FN2O2S/c23-19-12-17-8-10-24-9-7-16(17)11-18(19)20-13-28-22(25-20)15-4-1-14(2-5-15)3-6-21(26)27/h11-15,24H,1-10H2,(H,26,27). The fraction of sp³-hybridized carbons (Fsp3) is 0.545. The number of hydrogen-bond donors (Lipinski definition) is 2. The van der Waals surface area contributed by atoms with Crippen LogP contribution in [0.25, 0.3) is 11.3 Å². The summed E-state index contributed by atoms with van der Waals surface area (Å²) >= 11 is 1.64. The molecule has 0 atom stereocenters. The van der Waals surface area contributed by atoms with Gasteiger partial charge in [0.15, 0.2) is 0 Å². The summed E-state index contributed by atoms with van der Waals surface area (Å²) in [4.78, 5) is 15.6. The van der Waals surface area contributed by atoms with Gasteiger partial charge in [0.25, 0.3) is 0 Å². The second-order valence-corrected chi connectivity index (χ2v) is 8.96. The van der Waals surface area contributed by atoms with E-state index in [1.807, 2.05) is 11.4 Å². The molecule has 1 aliphatic heterocycles. The highest BCUT2D eigenvalue weighted by molar-refractivity contribution is 7.10. The smallest absolute Gasteiger partial charge is 0.303 e. The lowest BCUT2D eigenvalue weighted by atomic mass is 9.80. The maximum absolute atomic E-state index is 14.7. The maximum atomic E-state index is 14.7. The Bertz CT molecular complexity index is 843. The first-order valence-corrected chi connectivity index (χ1v) is 11.2. The maximum Gasteiger partial charge on any atom is 0.303 e. The molecule has 4 rings (SSSR count). The summed E-state index contributed by atoms with van der Waals surface area (Å²) in [5.41, 5.74) is 3.72. The van der Waals surface area contributed by atoms with Gasteiger partial charge in [-0.3, -0.25) is 4.79 Å². The number of benzene rings is 1. The summed E-state index contributed by atoms with van der Waals surface area (Å²) in [7, 11) is 0. The zero-order chi connectivity index (χ0) is 19.5. The van der Waals surface area contributed by atoms with E-state index in [0.29, 0.717) is 17.4 Å². The van der Waals surface area contributed by atoms with Gasteiger partial charge in [-0.2, -0.15) is 0 Å². The number of hydrogen-bond acceptors (Lipinski definition) is 4. The highest BCUT2D eigenvalue weighted by Crippen LogP contribution is 2.40. The third-order valence-corrected chi connectivity index (χ3v) is 7.20. The highest BCUT2D eigenvalue weighted by atomic mass is 32.1. The number of aromatic nitrogens is 1. The summed E-state index contributed by atoms with van der Waals surface area (Å²) in [6, 6.07) is 3.70. The molecule has 28 heavy (non-hydrogen) atoms. The number of nitrogens with one attached hydrogen (secondary N) is 1. The minimum atomic E-state index is -0.703. The van der Waals surface area contributed by atoms with Crippen LogP contribution in [-0.4, -0.2) is 29.1 Å². The molecule has 1 aliphatic carbocycles. The molecule has 1 fully saturated rings. The molecule has 1 aromatic carbocycles. The van der Waals surface area contributed by atoms with Crippen LogP contribution in [0.3, 0.4) is 0 Å². The number of thiazole rings is 1. The van der Waals surface area contributed by atoms with Crippen LogP contribution in [0.4, 0.5) is 4.39 Å². The van der Waals surface area contributed by atoms with Gasteiger partial charge in [-0.1, -0.05) is 0 Å². The van der Waals surface area contributed by atoms with Gasteiger partial charge in [0.1, 0.15) is 5.82 Å². The van der Waals surface area contributed by atoms with Crippen LogP contribution in [0, 0.1) is 11.7 Å². The number of carbonyl (C=O) groups is 1. The van der Waals surface area contributed by atoms with Crippen LogP contribution in [0.2, 0.25) is 0 Å². The topological polar surface area (TPSA) is 62.2 Å². The Balaban J connectivity index is 1.45. The van der Waals surface area contributed by atoms with Gasteiger partial charge in [0.2, 0.25) is 0 Å². The Hall–Kier alpha value is -1.79. The Morgan fingerprint density at radius 3 is 2.61 bits per heavy atom. The Kier molecular flexibility index (Phi) is 6.07. The summed E-state index contributed by atoms with van der Waals surface area (Å²) in [6.45, 7) is 1.84. The second kappa shape index (κ2) is 8.70. The van der Waals surface area contributed by atoms with E-state index in [-0.39, 0.29) is 12.2 Å². The first-order chi connectivity index (χ1) is 13.6. The summed E-state index contributed by atoms with van der Waals surface area (Å²) < 4.78 is 14.7. The second-order valence-electron chi connectivity index (χ2n) is 8.07. The van der Waals surface area contributed by atoms with Gasteiger partial charge >= 0.3 is 5.97 Å². The van der Waals surface area contributed by atoms with Gasteiger partial charge in [-0.15, -0.1) is 11.3 Å². The first kappa shape index (κ1) is 19.5. The van der Waals surface area contributed by atoms with Crippen molar-refractivity contribution in [1.29, 1.82) is 0 Å². The molecule has 0 amide bonds. The van der Waals surface area contributed by atoms with Crippen molar-refractivity contribution in [3.8, 4) is 11.3 Å². The van der Waals surface area contributed by atoms with E-state index < -0.39 is 5.97 Å². The fourth-order valence-corrected chi connectivity index (χ4v) is 5.51. The minimum absolute atomic E-state index is 0.171. The molecule has 1 aromatic heterocycles. The third-order valence-electron chi connectivity index (χ3n) is 6.19. The van der Waals surface area contributed by atoms with Crippen LogP contribution in [0.15, 0.2) is 17.5 Å². The highest BCUT2D eigenvalue weighted by Gasteiger charge is 2.25. The van der Waals surface area contributed by atoms with Crippen molar-refractivity contribution in [3.05, 3.63) is 39.5 Å². The van der Waals surface area contributed by atoms with Crippen LogP contribution >= 0.6 is 11.3 Å². The van der Waals surface area contributed by atoms with E-state index in [4.69, 9.17) is 10.1 Å². The van der Waals surface area contributed by atoms with Crippen molar-refractivity contribution in [2.45, 2.75) is 57.3 Å². The van der Waals surface area contributed by atoms with Gasteiger partial charge in [-0.05, 0) is 87.2 Å². The number of carboxylic acids is 1. The summed E-state index contributed by atoms with van der Waals surface area (Å²) in [5, 5.41) is 15.3. The molecule has 1 saturated carbocycles. The van der Waals surface area contributed by atoms with E-state index >= 15 is 0 Å². The van der Waals surface area contributed by atoms with Crippen molar-refractivity contribution < 1.29 is 14.3 Å². The average Bonchev–Trinajstić information content (AvgIpc) is 3.06. The molecule has 2 heterocycles. The molecular formula is C22H27FN2O2S. The fourth-order valence-electron chi connectivity index (χ4n) is 4.52. The monoisotopic (exact) mass is 402 g/mol. The van der Waals surface area contributed by atoms with E-state index in [1.165, 1.54) is 5.56 Å². The number of carboxylic acid groups (broad SMARTS) is 1. The predicted octanol–water partition coefficient (Wildman–Crippen LogP) is 4.78. The van der Waals surface area contributed by atoms with Crippen LogP contribution in [-0.2, 0) is 17.6 Å². The van der Waals surface area contributed by atoms with Crippen molar-refractivity contribution in [3.63, 3.8) is 0 Å². The van der Waals surface area contributed by atoms with E-state index in [1.54, 1.807) is 17.4 Å². The Labute approximate surface area is 169 Å². The summed E-state index contributed by atoms with van der Waals surface area (Å²) in [6.07, 6.45) is 7.08. The molecule has 4 nitrogen and oxygen atoms in total. The van der Waals surface area contributed by atoms with Crippen LogP contribution in [0.5, 0.6) is 0 Å². The number of halogens is 1. The number of aliphatic carboxylic acids is 1. The molecule has 2 N–H and O–H groups in total. The van der Waals surface area contributed by atoms with E-state index in [0.717, 1.165) is 74.3 Å². The largest absolute Gasteiger partial charge is 0.481 e. The van der Waals surface area contributed by atoms with Crippen molar-refractivity contribution in [2.75, 3.05) is 13.1 Å². The normalized spacial score (nSPS) is 22.5. The van der Waals surface area contributed by atoms with Crippen LogP contribution < -0.4 is 5.32 Å². The lowest BCUT2D eigenvalue weighted by Crippen LogP contribution is -2.16. The molecular weight excluding hydrogens is 375 g/mol. The van der Waals surface area contributed by atoms with Crippen molar-refractivity contribution in [1.82, 2.24) is 10.3 Å². The zero-order valence-electron chi connectivity index (χ0n) is 16.0. The lowest BCUT2D eigenvalue weighted by Gasteiger charge is -2.26. The van der Waals surface area contributed by atoms with Gasteiger partial charge in [-0.25, -0.2) is 9.37 Å². The van der Waals surface area contributed by atoms with Gasteiger partial charge in [0, 0.05) is 23.3 Å². The zero-order valence-corrected chi connectivity index (χ0v) is 16.9. The van der Waals surface area contributed by atoms with Crippen LogP contribution in [0.1, 0.15) is 60.6 Å². The Morgan fingerprint density at radius 1 is 1.18 bits per heavy atom. The average molecular weight is 403 g/mol. The molecule has 150 valence electrons. The van der Waals surface area contributed by atoms with Crippen molar-refractivity contribution in [2.24, 2.45) is 5.92 Å². The van der Waals surface area contributed by atoms with Crippen molar-refractivity contribution >= 4 is 17.3 Å². The first-order valence-electron chi connectivity index (χ1n) is 10.3. The molecule has 0 spiro atoms. The predicted molar refractivity (Wildman–Crippen MR) is 109 cm³/mol. The van der Waals surface area contributed by atoms with E-state index in [9.17, 15) is 9.18 Å². The summed E-state index contributed by atoms with van der Waals surface area (Å²) in [5.74, 6) is 0.0652. The van der Waals surface area contributed by atoms with E-state index in [2.05, 4.69) is 5.32 Å². The number of rotatable bonds is 5. The Morgan fingerprint density at radius 2 is 1.89 bits per heavy atom. The third kappa shape index (κ3) is 4.44. The SMILES string of the molecule is O=C(O)CCC1CCC(c2nc(-c3cc4c(cc3F)CCNCC4)cs2)CC1. The number of nitrogens with zero attached hydrogens (tertiary/aromatic N) is 1. The quantitative estimate of drug-likeness (QED) is 0.756.